The van der Waals surface area contributed by atoms with Crippen molar-refractivity contribution in [3.8, 4) is 0 Å². The number of halogens is 1. The van der Waals surface area contributed by atoms with Crippen molar-refractivity contribution in [2.45, 2.75) is 32.9 Å². The minimum atomic E-state index is 0. The average molecular weight is 267 g/mol. The molecule has 0 aromatic heterocycles. The first kappa shape index (κ1) is 13.4. The lowest BCUT2D eigenvalue weighted by Gasteiger charge is -2.10. The van der Waals surface area contributed by atoms with E-state index in [0.717, 1.165) is 25.2 Å². The summed E-state index contributed by atoms with van der Waals surface area (Å²) in [6.45, 7) is 4.84. The van der Waals surface area contributed by atoms with Crippen LogP contribution in [0.15, 0.2) is 18.2 Å². The van der Waals surface area contributed by atoms with Crippen LogP contribution in [0, 0.1) is 5.41 Å². The molecule has 1 saturated carbocycles. The summed E-state index contributed by atoms with van der Waals surface area (Å²) in [7, 11) is 0. The fourth-order valence-electron chi connectivity index (χ4n) is 2.22. The van der Waals surface area contributed by atoms with Gasteiger partial charge in [-0.05, 0) is 41.5 Å². The number of amides is 1. The van der Waals surface area contributed by atoms with E-state index in [1.807, 2.05) is 12.1 Å². The molecule has 3 rings (SSSR count). The highest BCUT2D eigenvalue weighted by atomic mass is 35.5. The van der Waals surface area contributed by atoms with Gasteiger partial charge in [-0.1, -0.05) is 13.0 Å². The van der Waals surface area contributed by atoms with Crippen LogP contribution in [0.2, 0.25) is 0 Å². The molecule has 4 heteroatoms. The first-order valence-corrected chi connectivity index (χ1v) is 6.27. The summed E-state index contributed by atoms with van der Waals surface area (Å²) >= 11 is 0. The van der Waals surface area contributed by atoms with Gasteiger partial charge in [0.1, 0.15) is 0 Å². The molecule has 98 valence electrons. The quantitative estimate of drug-likeness (QED) is 0.881. The van der Waals surface area contributed by atoms with Gasteiger partial charge in [-0.25, -0.2) is 0 Å². The Kier molecular flexibility index (Phi) is 3.64. The minimum absolute atomic E-state index is 0. The zero-order chi connectivity index (χ0) is 11.9. The van der Waals surface area contributed by atoms with Crippen molar-refractivity contribution in [1.82, 2.24) is 10.6 Å². The molecule has 1 aromatic rings. The molecule has 1 aliphatic carbocycles. The van der Waals surface area contributed by atoms with E-state index in [4.69, 9.17) is 0 Å². The summed E-state index contributed by atoms with van der Waals surface area (Å²) < 4.78 is 0. The van der Waals surface area contributed by atoms with Gasteiger partial charge in [0.25, 0.3) is 5.91 Å². The summed E-state index contributed by atoms with van der Waals surface area (Å²) in [5.41, 5.74) is 3.73. The summed E-state index contributed by atoms with van der Waals surface area (Å²) in [5, 5.41) is 6.32. The van der Waals surface area contributed by atoms with Crippen molar-refractivity contribution < 1.29 is 4.79 Å². The number of carbonyl (C=O) groups is 1. The van der Waals surface area contributed by atoms with E-state index in [1.54, 1.807) is 0 Å². The Hall–Kier alpha value is -1.06. The van der Waals surface area contributed by atoms with Crippen LogP contribution in [0.5, 0.6) is 0 Å². The van der Waals surface area contributed by atoms with Crippen LogP contribution in [0.1, 0.15) is 41.3 Å². The third-order valence-electron chi connectivity index (χ3n) is 3.88. The molecule has 2 aliphatic rings. The monoisotopic (exact) mass is 266 g/mol. The maximum Gasteiger partial charge on any atom is 0.251 e. The lowest BCUT2D eigenvalue weighted by atomic mass is 10.1. The minimum Gasteiger partial charge on any atom is -0.351 e. The zero-order valence-electron chi connectivity index (χ0n) is 10.6. The fraction of sp³-hybridized carbons (Fsp3) is 0.500. The molecule has 0 bridgehead atoms. The van der Waals surface area contributed by atoms with Crippen LogP contribution >= 0.6 is 12.4 Å². The van der Waals surface area contributed by atoms with Crippen molar-refractivity contribution in [3.63, 3.8) is 0 Å². The molecule has 1 heterocycles. The second kappa shape index (κ2) is 4.90. The average Bonchev–Trinajstić information content (AvgIpc) is 2.90. The molecule has 1 aliphatic heterocycles. The number of nitrogens with one attached hydrogen (secondary N) is 2. The van der Waals surface area contributed by atoms with Crippen molar-refractivity contribution in [1.29, 1.82) is 0 Å². The van der Waals surface area contributed by atoms with Gasteiger partial charge in [0.2, 0.25) is 0 Å². The van der Waals surface area contributed by atoms with Crippen molar-refractivity contribution in [2.75, 3.05) is 6.54 Å². The van der Waals surface area contributed by atoms with E-state index in [2.05, 4.69) is 23.6 Å². The lowest BCUT2D eigenvalue weighted by molar-refractivity contribution is 0.0946. The van der Waals surface area contributed by atoms with Crippen LogP contribution in [-0.4, -0.2) is 12.5 Å². The maximum atomic E-state index is 12.0. The van der Waals surface area contributed by atoms with Gasteiger partial charge in [-0.15, -0.1) is 12.4 Å². The topological polar surface area (TPSA) is 41.1 Å². The van der Waals surface area contributed by atoms with Crippen molar-refractivity contribution in [3.05, 3.63) is 34.9 Å². The number of fused-ring (bicyclic) bond motifs is 1. The van der Waals surface area contributed by atoms with Gasteiger partial charge in [0.05, 0.1) is 0 Å². The first-order chi connectivity index (χ1) is 8.16. The summed E-state index contributed by atoms with van der Waals surface area (Å²) in [4.78, 5) is 12.0. The van der Waals surface area contributed by atoms with E-state index in [-0.39, 0.29) is 18.3 Å². The van der Waals surface area contributed by atoms with Crippen LogP contribution in [0.25, 0.3) is 0 Å². The highest BCUT2D eigenvalue weighted by Gasteiger charge is 2.37. The van der Waals surface area contributed by atoms with E-state index >= 15 is 0 Å². The van der Waals surface area contributed by atoms with Gasteiger partial charge in [0, 0.05) is 25.2 Å². The molecular formula is C14H19ClN2O. The number of benzene rings is 1. The van der Waals surface area contributed by atoms with Crippen molar-refractivity contribution >= 4 is 18.3 Å². The van der Waals surface area contributed by atoms with E-state index in [0.29, 0.717) is 5.41 Å². The number of rotatable bonds is 3. The molecule has 0 unspecified atom stereocenters. The number of hydrogen-bond acceptors (Lipinski definition) is 2. The van der Waals surface area contributed by atoms with E-state index < -0.39 is 0 Å². The normalized spacial score (nSPS) is 18.7. The van der Waals surface area contributed by atoms with E-state index in [1.165, 1.54) is 24.0 Å². The van der Waals surface area contributed by atoms with Gasteiger partial charge >= 0.3 is 0 Å². The highest BCUT2D eigenvalue weighted by Crippen LogP contribution is 2.44. The maximum absolute atomic E-state index is 12.0. The van der Waals surface area contributed by atoms with Gasteiger partial charge in [-0.3, -0.25) is 4.79 Å². The fourth-order valence-corrected chi connectivity index (χ4v) is 2.22. The second-order valence-corrected chi connectivity index (χ2v) is 5.58. The van der Waals surface area contributed by atoms with Gasteiger partial charge < -0.3 is 10.6 Å². The van der Waals surface area contributed by atoms with Gasteiger partial charge in [0.15, 0.2) is 0 Å². The standard InChI is InChI=1S/C14H18N2O.ClH/c1-14(4-5-14)9-16-13(17)10-2-3-11-7-15-8-12(11)6-10;/h2-3,6,15H,4-5,7-9H2,1H3,(H,16,17);1H. The number of hydrogen-bond donors (Lipinski definition) is 2. The third kappa shape index (κ3) is 2.68. The smallest absolute Gasteiger partial charge is 0.251 e. The van der Waals surface area contributed by atoms with Crippen LogP contribution in [0.3, 0.4) is 0 Å². The summed E-state index contributed by atoms with van der Waals surface area (Å²) in [6, 6.07) is 6.00. The molecule has 0 radical (unpaired) electrons. The predicted molar refractivity (Wildman–Crippen MR) is 73.9 cm³/mol. The highest BCUT2D eigenvalue weighted by molar-refractivity contribution is 5.94. The molecule has 2 N–H and O–H groups in total. The second-order valence-electron chi connectivity index (χ2n) is 5.58. The first-order valence-electron chi connectivity index (χ1n) is 6.27. The molecule has 1 fully saturated rings. The predicted octanol–water partition coefficient (Wildman–Crippen LogP) is 2.24. The van der Waals surface area contributed by atoms with Crippen LogP contribution in [0.4, 0.5) is 0 Å². The largest absolute Gasteiger partial charge is 0.351 e. The SMILES string of the molecule is CC1(CNC(=O)c2ccc3c(c2)CNC3)CC1.Cl. The van der Waals surface area contributed by atoms with E-state index in [9.17, 15) is 4.79 Å². The Morgan fingerprint density at radius 2 is 2.06 bits per heavy atom. The Bertz CT molecular complexity index is 469. The lowest BCUT2D eigenvalue weighted by Crippen LogP contribution is -2.29. The Labute approximate surface area is 114 Å². The Morgan fingerprint density at radius 1 is 1.33 bits per heavy atom. The van der Waals surface area contributed by atoms with Crippen LogP contribution in [-0.2, 0) is 13.1 Å². The third-order valence-corrected chi connectivity index (χ3v) is 3.88. The molecule has 3 nitrogen and oxygen atoms in total. The molecule has 0 atom stereocenters. The van der Waals surface area contributed by atoms with Crippen molar-refractivity contribution in [2.24, 2.45) is 5.41 Å². The summed E-state index contributed by atoms with van der Waals surface area (Å²) in [5.74, 6) is 0.0628. The molecule has 18 heavy (non-hydrogen) atoms. The zero-order valence-corrected chi connectivity index (χ0v) is 11.4. The molecule has 0 saturated heterocycles. The summed E-state index contributed by atoms with van der Waals surface area (Å²) in [6.07, 6.45) is 2.47. The molecule has 0 spiro atoms. The van der Waals surface area contributed by atoms with Gasteiger partial charge in [-0.2, -0.15) is 0 Å². The Balaban J connectivity index is 0.00000120. The Morgan fingerprint density at radius 3 is 2.78 bits per heavy atom. The molecular weight excluding hydrogens is 248 g/mol. The number of carbonyl (C=O) groups excluding carboxylic acids is 1. The molecule has 1 amide bonds. The van der Waals surface area contributed by atoms with Crippen LogP contribution < -0.4 is 10.6 Å². The molecule has 1 aromatic carbocycles.